The molecule has 1 aromatic heterocycles. The van der Waals surface area contributed by atoms with Gasteiger partial charge in [0.05, 0.1) is 11.5 Å². The van der Waals surface area contributed by atoms with Crippen molar-refractivity contribution in [3.63, 3.8) is 0 Å². The molecular formula is C12H21N5O3. The van der Waals surface area contributed by atoms with Crippen LogP contribution in [0, 0.1) is 10.1 Å². The largest absolute Gasteiger partial charge is 0.380 e. The maximum Gasteiger partial charge on any atom is 0.329 e. The molecule has 2 N–H and O–H groups in total. The number of hydrogen-bond donors (Lipinski definition) is 2. The van der Waals surface area contributed by atoms with Crippen molar-refractivity contribution in [3.8, 4) is 0 Å². The molecule has 8 heteroatoms. The third-order valence-corrected chi connectivity index (χ3v) is 2.45. The van der Waals surface area contributed by atoms with Gasteiger partial charge >= 0.3 is 5.69 Å². The van der Waals surface area contributed by atoms with Gasteiger partial charge in [0.15, 0.2) is 0 Å². The Labute approximate surface area is 118 Å². The lowest BCUT2D eigenvalue weighted by atomic mass is 10.3. The summed E-state index contributed by atoms with van der Waals surface area (Å²) in [5.74, 6) is 0.583. The molecule has 1 atom stereocenters. The Morgan fingerprint density at radius 2 is 2.25 bits per heavy atom. The Morgan fingerprint density at radius 1 is 1.50 bits per heavy atom. The normalized spacial score (nSPS) is 11.9. The zero-order valence-corrected chi connectivity index (χ0v) is 12.0. The molecule has 0 bridgehead atoms. The number of nitro groups is 1. The Balaban J connectivity index is 2.85. The van der Waals surface area contributed by atoms with Crippen molar-refractivity contribution < 1.29 is 9.66 Å². The summed E-state index contributed by atoms with van der Waals surface area (Å²) < 4.78 is 5.27. The molecule has 0 amide bonds. The van der Waals surface area contributed by atoms with Gasteiger partial charge in [0.25, 0.3) is 0 Å². The van der Waals surface area contributed by atoms with Crippen molar-refractivity contribution in [1.29, 1.82) is 0 Å². The Hall–Kier alpha value is -1.96. The summed E-state index contributed by atoms with van der Waals surface area (Å²) in [6, 6.07) is -0.0809. The Kier molecular flexibility index (Phi) is 6.65. The van der Waals surface area contributed by atoms with E-state index in [1.165, 1.54) is 6.20 Å². The van der Waals surface area contributed by atoms with Crippen LogP contribution in [0.3, 0.4) is 0 Å². The molecule has 112 valence electrons. The van der Waals surface area contributed by atoms with Gasteiger partial charge in [0, 0.05) is 19.2 Å². The van der Waals surface area contributed by atoms with E-state index in [0.717, 1.165) is 6.42 Å². The smallest absolute Gasteiger partial charge is 0.329 e. The van der Waals surface area contributed by atoms with Gasteiger partial charge < -0.3 is 15.4 Å². The molecule has 1 heterocycles. The predicted octanol–water partition coefficient (Wildman–Crippen LogP) is 2.04. The first-order valence-electron chi connectivity index (χ1n) is 6.68. The third-order valence-electron chi connectivity index (χ3n) is 2.45. The van der Waals surface area contributed by atoms with Crippen molar-refractivity contribution in [3.05, 3.63) is 16.3 Å². The number of nitrogens with zero attached hydrogens (tertiary/aromatic N) is 3. The predicted molar refractivity (Wildman–Crippen MR) is 77.0 cm³/mol. The Morgan fingerprint density at radius 3 is 2.85 bits per heavy atom. The molecule has 0 fully saturated rings. The van der Waals surface area contributed by atoms with Gasteiger partial charge in [0.2, 0.25) is 11.8 Å². The van der Waals surface area contributed by atoms with Gasteiger partial charge in [-0.15, -0.1) is 0 Å². The first-order chi connectivity index (χ1) is 9.58. The summed E-state index contributed by atoms with van der Waals surface area (Å²) >= 11 is 0. The van der Waals surface area contributed by atoms with Crippen LogP contribution in [0.15, 0.2) is 6.20 Å². The van der Waals surface area contributed by atoms with Crippen molar-refractivity contribution in [1.82, 2.24) is 9.97 Å². The highest BCUT2D eigenvalue weighted by molar-refractivity contribution is 5.57. The monoisotopic (exact) mass is 283 g/mol. The number of ether oxygens (including phenoxy) is 1. The summed E-state index contributed by atoms with van der Waals surface area (Å²) in [7, 11) is 0. The highest BCUT2D eigenvalue weighted by Crippen LogP contribution is 2.22. The van der Waals surface area contributed by atoms with Crippen LogP contribution in [0.5, 0.6) is 0 Å². The fraction of sp³-hybridized carbons (Fsp3) is 0.667. The van der Waals surface area contributed by atoms with E-state index < -0.39 is 4.92 Å². The molecule has 20 heavy (non-hydrogen) atoms. The molecule has 8 nitrogen and oxygen atoms in total. The van der Waals surface area contributed by atoms with E-state index in [1.54, 1.807) is 0 Å². The molecule has 0 spiro atoms. The lowest BCUT2D eigenvalue weighted by Crippen LogP contribution is -2.23. The number of nitrogens with one attached hydrogen (secondary N) is 2. The second-order valence-corrected chi connectivity index (χ2v) is 4.32. The van der Waals surface area contributed by atoms with E-state index in [1.807, 2.05) is 20.8 Å². The minimum atomic E-state index is -0.501. The second-order valence-electron chi connectivity index (χ2n) is 4.32. The zero-order chi connectivity index (χ0) is 15.0. The van der Waals surface area contributed by atoms with Crippen LogP contribution >= 0.6 is 0 Å². The molecule has 0 saturated heterocycles. The van der Waals surface area contributed by atoms with E-state index in [9.17, 15) is 10.1 Å². The van der Waals surface area contributed by atoms with E-state index in [4.69, 9.17) is 4.74 Å². The van der Waals surface area contributed by atoms with Gasteiger partial charge in [-0.1, -0.05) is 6.92 Å². The maximum absolute atomic E-state index is 11.0. The van der Waals surface area contributed by atoms with E-state index in [2.05, 4.69) is 20.6 Å². The van der Waals surface area contributed by atoms with Crippen LogP contribution in [-0.4, -0.2) is 40.7 Å². The van der Waals surface area contributed by atoms with Crippen molar-refractivity contribution in [2.75, 3.05) is 30.4 Å². The highest BCUT2D eigenvalue weighted by Gasteiger charge is 2.18. The molecule has 0 aliphatic rings. The van der Waals surface area contributed by atoms with Crippen LogP contribution in [0.4, 0.5) is 17.5 Å². The second kappa shape index (κ2) is 8.26. The van der Waals surface area contributed by atoms with Gasteiger partial charge in [-0.05, 0) is 20.3 Å². The summed E-state index contributed by atoms with van der Waals surface area (Å²) in [6.45, 7) is 7.55. The molecule has 1 rings (SSSR count). The average molecular weight is 283 g/mol. The molecule has 0 saturated carbocycles. The SMILES string of the molecule is CCCNc1ncc([N+](=O)[O-])c(NC(C)COCC)n1. The van der Waals surface area contributed by atoms with Gasteiger partial charge in [-0.2, -0.15) is 4.98 Å². The van der Waals surface area contributed by atoms with Crippen LogP contribution in [0.2, 0.25) is 0 Å². The van der Waals surface area contributed by atoms with Gasteiger partial charge in [-0.25, -0.2) is 4.98 Å². The summed E-state index contributed by atoms with van der Waals surface area (Å²) in [4.78, 5) is 18.6. The topological polar surface area (TPSA) is 102 Å². The zero-order valence-electron chi connectivity index (χ0n) is 12.0. The quantitative estimate of drug-likeness (QED) is 0.528. The molecule has 0 aliphatic carbocycles. The van der Waals surface area contributed by atoms with Crippen LogP contribution in [0.25, 0.3) is 0 Å². The maximum atomic E-state index is 11.0. The summed E-state index contributed by atoms with van der Waals surface area (Å²) in [6.07, 6.45) is 2.13. The summed E-state index contributed by atoms with van der Waals surface area (Å²) in [5.41, 5.74) is -0.143. The number of anilines is 2. The van der Waals surface area contributed by atoms with Gasteiger partial charge in [-0.3, -0.25) is 10.1 Å². The molecule has 0 aromatic carbocycles. The van der Waals surface area contributed by atoms with Crippen LogP contribution in [-0.2, 0) is 4.74 Å². The highest BCUT2D eigenvalue weighted by atomic mass is 16.6. The van der Waals surface area contributed by atoms with E-state index in [-0.39, 0.29) is 17.5 Å². The molecule has 1 aromatic rings. The third kappa shape index (κ3) is 4.96. The first-order valence-corrected chi connectivity index (χ1v) is 6.68. The molecule has 0 aliphatic heterocycles. The molecular weight excluding hydrogens is 262 g/mol. The number of rotatable bonds is 9. The fourth-order valence-corrected chi connectivity index (χ4v) is 1.51. The lowest BCUT2D eigenvalue weighted by Gasteiger charge is -2.14. The standard InChI is InChI=1S/C12H21N5O3/c1-4-6-13-12-14-7-10(17(18)19)11(16-12)15-9(3)8-20-5-2/h7,9H,4-6,8H2,1-3H3,(H2,13,14,15,16). The summed E-state index contributed by atoms with van der Waals surface area (Å²) in [5, 5.41) is 17.0. The fourth-order valence-electron chi connectivity index (χ4n) is 1.51. The minimum absolute atomic E-state index is 0.0809. The van der Waals surface area contributed by atoms with Crippen molar-refractivity contribution in [2.45, 2.75) is 33.2 Å². The van der Waals surface area contributed by atoms with Crippen molar-refractivity contribution >= 4 is 17.5 Å². The van der Waals surface area contributed by atoms with Crippen molar-refractivity contribution in [2.24, 2.45) is 0 Å². The number of hydrogen-bond acceptors (Lipinski definition) is 7. The minimum Gasteiger partial charge on any atom is -0.380 e. The average Bonchev–Trinajstić information content (AvgIpc) is 2.42. The molecule has 1 unspecified atom stereocenters. The molecule has 0 radical (unpaired) electrons. The van der Waals surface area contributed by atoms with Crippen LogP contribution < -0.4 is 10.6 Å². The lowest BCUT2D eigenvalue weighted by molar-refractivity contribution is -0.384. The van der Waals surface area contributed by atoms with Crippen LogP contribution in [0.1, 0.15) is 27.2 Å². The van der Waals surface area contributed by atoms with E-state index in [0.29, 0.717) is 25.7 Å². The van der Waals surface area contributed by atoms with Gasteiger partial charge in [0.1, 0.15) is 6.20 Å². The number of aromatic nitrogens is 2. The first kappa shape index (κ1) is 16.1. The van der Waals surface area contributed by atoms with E-state index >= 15 is 0 Å². The Bertz CT molecular complexity index is 441.